The molecular formula is C4H5NO2. The highest BCUT2D eigenvalue weighted by atomic mass is 16.5. The molecule has 1 aliphatic rings. The van der Waals surface area contributed by atoms with Crippen molar-refractivity contribution in [1.29, 1.82) is 0 Å². The number of ether oxygens (including phenoxy) is 1. The number of carbonyl (C=O) groups excluding carboxylic acids is 1. The summed E-state index contributed by atoms with van der Waals surface area (Å²) in [5, 5.41) is 0. The molecule has 0 radical (unpaired) electrons. The highest BCUT2D eigenvalue weighted by Crippen LogP contribution is 1.82. The fraction of sp³-hybridized carbons (Fsp3) is 0.500. The fourth-order valence-electron chi connectivity index (χ4n) is 0.375. The highest BCUT2D eigenvalue weighted by molar-refractivity contribution is 6.28. The molecule has 0 aromatic carbocycles. The van der Waals surface area contributed by atoms with E-state index in [1.807, 2.05) is 0 Å². The molecule has 38 valence electrons. The number of hydrogen-bond acceptors (Lipinski definition) is 3. The molecule has 0 aromatic rings. The standard InChI is InChI=1S/C4H5NO2/c6-4-1-5-3-7-2-4/h1H,2-3H2. The van der Waals surface area contributed by atoms with E-state index in [0.29, 0.717) is 6.73 Å². The topological polar surface area (TPSA) is 38.7 Å². The average molecular weight is 99.1 g/mol. The van der Waals surface area contributed by atoms with Gasteiger partial charge in [0, 0.05) is 0 Å². The predicted molar refractivity (Wildman–Crippen MR) is 24.3 cm³/mol. The third-order valence-electron chi connectivity index (χ3n) is 0.645. The highest BCUT2D eigenvalue weighted by Gasteiger charge is 1.99. The number of ketones is 1. The van der Waals surface area contributed by atoms with Gasteiger partial charge in [-0.25, -0.2) is 0 Å². The van der Waals surface area contributed by atoms with Crippen molar-refractivity contribution >= 4 is 12.0 Å². The molecule has 3 nitrogen and oxygen atoms in total. The van der Waals surface area contributed by atoms with E-state index in [0.717, 1.165) is 0 Å². The summed E-state index contributed by atoms with van der Waals surface area (Å²) in [6.45, 7) is 0.537. The lowest BCUT2D eigenvalue weighted by atomic mass is 10.4. The van der Waals surface area contributed by atoms with Crippen LogP contribution in [0.5, 0.6) is 0 Å². The molecule has 1 rings (SSSR count). The van der Waals surface area contributed by atoms with Crippen LogP contribution >= 0.6 is 0 Å². The Labute approximate surface area is 41.0 Å². The van der Waals surface area contributed by atoms with Crippen LogP contribution in [0.25, 0.3) is 0 Å². The van der Waals surface area contributed by atoms with Gasteiger partial charge in [-0.2, -0.15) is 0 Å². The van der Waals surface area contributed by atoms with Crippen LogP contribution in [0.1, 0.15) is 0 Å². The van der Waals surface area contributed by atoms with Crippen molar-refractivity contribution < 1.29 is 9.53 Å². The first kappa shape index (κ1) is 4.46. The summed E-state index contributed by atoms with van der Waals surface area (Å²) in [5.41, 5.74) is 0. The van der Waals surface area contributed by atoms with E-state index in [-0.39, 0.29) is 12.4 Å². The maximum absolute atomic E-state index is 10.2. The number of carbonyl (C=O) groups is 1. The number of Topliss-reactive ketones (excluding diaryl/α,β-unsaturated/α-hetero) is 1. The summed E-state index contributed by atoms with van der Waals surface area (Å²) < 4.78 is 4.63. The lowest BCUT2D eigenvalue weighted by Crippen LogP contribution is -2.14. The first-order valence-electron chi connectivity index (χ1n) is 2.00. The van der Waals surface area contributed by atoms with Crippen LogP contribution in [0.3, 0.4) is 0 Å². The summed E-state index contributed by atoms with van der Waals surface area (Å²) in [5.74, 6) is -0.0498. The van der Waals surface area contributed by atoms with Gasteiger partial charge >= 0.3 is 0 Å². The Morgan fingerprint density at radius 2 is 2.71 bits per heavy atom. The zero-order valence-electron chi connectivity index (χ0n) is 3.76. The van der Waals surface area contributed by atoms with Gasteiger partial charge in [-0.3, -0.25) is 9.79 Å². The van der Waals surface area contributed by atoms with Crippen LogP contribution in [0.15, 0.2) is 4.99 Å². The van der Waals surface area contributed by atoms with Crippen LogP contribution in [-0.4, -0.2) is 25.3 Å². The minimum absolute atomic E-state index is 0.0498. The molecule has 3 heteroatoms. The van der Waals surface area contributed by atoms with Crippen LogP contribution in [0, 0.1) is 0 Å². The number of hydrogen-bond donors (Lipinski definition) is 0. The average Bonchev–Trinajstić information content (AvgIpc) is 1.69. The summed E-state index contributed by atoms with van der Waals surface area (Å²) >= 11 is 0. The van der Waals surface area contributed by atoms with Gasteiger partial charge in [-0.1, -0.05) is 0 Å². The Kier molecular flexibility index (Phi) is 1.17. The van der Waals surface area contributed by atoms with Crippen LogP contribution in [-0.2, 0) is 9.53 Å². The van der Waals surface area contributed by atoms with Gasteiger partial charge in [0.05, 0.1) is 6.21 Å². The summed E-state index contributed by atoms with van der Waals surface area (Å²) in [6.07, 6.45) is 1.30. The van der Waals surface area contributed by atoms with Crippen molar-refractivity contribution in [2.75, 3.05) is 13.3 Å². The normalized spacial score (nSPS) is 20.3. The van der Waals surface area contributed by atoms with Crippen molar-refractivity contribution in [2.45, 2.75) is 0 Å². The van der Waals surface area contributed by atoms with Crippen molar-refractivity contribution in [3.8, 4) is 0 Å². The molecule has 1 heterocycles. The maximum atomic E-state index is 10.2. The van der Waals surface area contributed by atoms with Crippen molar-refractivity contribution in [3.05, 3.63) is 0 Å². The van der Waals surface area contributed by atoms with Crippen molar-refractivity contribution in [2.24, 2.45) is 4.99 Å². The van der Waals surface area contributed by atoms with Gasteiger partial charge in [0.1, 0.15) is 13.3 Å². The van der Waals surface area contributed by atoms with E-state index in [9.17, 15) is 4.79 Å². The van der Waals surface area contributed by atoms with Gasteiger partial charge in [0.2, 0.25) is 0 Å². The first-order chi connectivity index (χ1) is 3.39. The summed E-state index contributed by atoms with van der Waals surface area (Å²) in [6, 6.07) is 0. The zero-order valence-corrected chi connectivity index (χ0v) is 3.76. The second-order valence-electron chi connectivity index (χ2n) is 1.26. The molecule has 1 aliphatic heterocycles. The molecule has 0 aliphatic carbocycles. The molecule has 0 spiro atoms. The Hall–Kier alpha value is -0.700. The fourth-order valence-corrected chi connectivity index (χ4v) is 0.375. The molecule has 7 heavy (non-hydrogen) atoms. The van der Waals surface area contributed by atoms with E-state index >= 15 is 0 Å². The lowest BCUT2D eigenvalue weighted by molar-refractivity contribution is -0.117. The number of nitrogens with zero attached hydrogens (tertiary/aromatic N) is 1. The minimum atomic E-state index is -0.0498. The molecule has 0 bridgehead atoms. The van der Waals surface area contributed by atoms with Crippen LogP contribution in [0.4, 0.5) is 0 Å². The Morgan fingerprint density at radius 3 is 3.00 bits per heavy atom. The van der Waals surface area contributed by atoms with E-state index in [2.05, 4.69) is 9.73 Å². The van der Waals surface area contributed by atoms with Crippen molar-refractivity contribution in [3.63, 3.8) is 0 Å². The summed E-state index contributed by atoms with van der Waals surface area (Å²) in [4.78, 5) is 13.8. The van der Waals surface area contributed by atoms with Gasteiger partial charge in [0.15, 0.2) is 5.78 Å². The SMILES string of the molecule is O=C1C=NCOC1. The molecule has 0 N–H and O–H groups in total. The zero-order chi connectivity index (χ0) is 5.11. The smallest absolute Gasteiger partial charge is 0.199 e. The van der Waals surface area contributed by atoms with Gasteiger partial charge in [0.25, 0.3) is 0 Å². The Morgan fingerprint density at radius 1 is 1.86 bits per heavy atom. The van der Waals surface area contributed by atoms with E-state index < -0.39 is 0 Å². The van der Waals surface area contributed by atoms with Gasteiger partial charge in [-0.05, 0) is 0 Å². The van der Waals surface area contributed by atoms with Gasteiger partial charge < -0.3 is 4.74 Å². The first-order valence-corrected chi connectivity index (χ1v) is 2.00. The molecule has 0 aromatic heterocycles. The van der Waals surface area contributed by atoms with E-state index in [1.165, 1.54) is 6.21 Å². The molecule has 0 saturated heterocycles. The quantitative estimate of drug-likeness (QED) is 0.415. The summed E-state index contributed by atoms with van der Waals surface area (Å²) in [7, 11) is 0. The molecule has 0 fully saturated rings. The number of rotatable bonds is 0. The van der Waals surface area contributed by atoms with Crippen LogP contribution < -0.4 is 0 Å². The minimum Gasteiger partial charge on any atom is -0.351 e. The maximum Gasteiger partial charge on any atom is 0.199 e. The van der Waals surface area contributed by atoms with Crippen molar-refractivity contribution in [1.82, 2.24) is 0 Å². The van der Waals surface area contributed by atoms with Crippen LogP contribution in [0.2, 0.25) is 0 Å². The van der Waals surface area contributed by atoms with E-state index in [1.54, 1.807) is 0 Å². The second-order valence-corrected chi connectivity index (χ2v) is 1.26. The molecular weight excluding hydrogens is 94.0 g/mol. The molecule has 0 atom stereocenters. The largest absolute Gasteiger partial charge is 0.351 e. The molecule has 0 unspecified atom stereocenters. The number of aliphatic imine (C=N–C) groups is 1. The van der Waals surface area contributed by atoms with E-state index in [4.69, 9.17) is 0 Å². The predicted octanol–water partition coefficient (Wildman–Crippen LogP) is -0.386. The molecule has 0 amide bonds. The third-order valence-corrected chi connectivity index (χ3v) is 0.645. The lowest BCUT2D eigenvalue weighted by Gasteiger charge is -1.99. The molecule has 0 saturated carbocycles. The van der Waals surface area contributed by atoms with Gasteiger partial charge in [-0.15, -0.1) is 0 Å². The Bertz CT molecular complexity index is 108. The monoisotopic (exact) mass is 99.0 g/mol. The Balaban J connectivity index is 2.51. The third kappa shape index (κ3) is 1.08. The second kappa shape index (κ2) is 1.84.